The fraction of sp³-hybridized carbons (Fsp3) is 0.471. The Hall–Kier alpha value is -1.64. The van der Waals surface area contributed by atoms with Crippen LogP contribution < -0.4 is 10.6 Å². The average molecular weight is 442 g/mol. The van der Waals surface area contributed by atoms with Gasteiger partial charge >= 0.3 is 0 Å². The normalized spacial score (nSPS) is 11.1. The number of rotatable bonds is 5. The van der Waals surface area contributed by atoms with E-state index in [-0.39, 0.29) is 24.0 Å². The van der Waals surface area contributed by atoms with Gasteiger partial charge in [-0.3, -0.25) is 9.67 Å². The van der Waals surface area contributed by atoms with Crippen molar-refractivity contribution in [1.29, 1.82) is 0 Å². The van der Waals surface area contributed by atoms with Crippen LogP contribution in [0.2, 0.25) is 0 Å². The minimum absolute atomic E-state index is 0. The van der Waals surface area contributed by atoms with Gasteiger partial charge in [0.05, 0.1) is 24.5 Å². The van der Waals surface area contributed by atoms with E-state index in [0.717, 1.165) is 29.6 Å². The summed E-state index contributed by atoms with van der Waals surface area (Å²) >= 11 is 0. The van der Waals surface area contributed by atoms with Gasteiger partial charge < -0.3 is 10.6 Å². The van der Waals surface area contributed by atoms with Crippen LogP contribution in [0.5, 0.6) is 0 Å². The van der Waals surface area contributed by atoms with E-state index in [1.165, 1.54) is 11.1 Å². The summed E-state index contributed by atoms with van der Waals surface area (Å²) in [7, 11) is 1.96. The first-order valence-electron chi connectivity index (χ1n) is 7.94. The van der Waals surface area contributed by atoms with Crippen molar-refractivity contribution in [2.45, 2.75) is 40.8 Å². The molecule has 2 aromatic heterocycles. The summed E-state index contributed by atoms with van der Waals surface area (Å²) in [5.41, 5.74) is 5.58. The molecule has 0 saturated carbocycles. The number of pyridine rings is 1. The van der Waals surface area contributed by atoms with E-state index in [1.54, 1.807) is 0 Å². The number of aromatic nitrogens is 3. The molecule has 0 spiro atoms. The Morgan fingerprint density at radius 3 is 2.58 bits per heavy atom. The predicted octanol–water partition coefficient (Wildman–Crippen LogP) is 2.61. The fourth-order valence-electron chi connectivity index (χ4n) is 2.42. The zero-order valence-electron chi connectivity index (χ0n) is 15.1. The molecule has 7 heteroatoms. The zero-order chi connectivity index (χ0) is 16.8. The molecule has 0 bridgehead atoms. The van der Waals surface area contributed by atoms with Gasteiger partial charge in [0.25, 0.3) is 0 Å². The Bertz CT molecular complexity index is 692. The van der Waals surface area contributed by atoms with E-state index in [1.807, 2.05) is 30.9 Å². The van der Waals surface area contributed by atoms with Gasteiger partial charge in [0.1, 0.15) is 0 Å². The van der Waals surface area contributed by atoms with E-state index in [0.29, 0.717) is 13.1 Å². The molecule has 0 saturated heterocycles. The lowest BCUT2D eigenvalue weighted by Crippen LogP contribution is -2.37. The van der Waals surface area contributed by atoms with Crippen molar-refractivity contribution in [2.24, 2.45) is 12.0 Å². The van der Waals surface area contributed by atoms with Crippen LogP contribution in [0.1, 0.15) is 35.1 Å². The lowest BCUT2D eigenvalue weighted by atomic mass is 10.2. The van der Waals surface area contributed by atoms with E-state index in [9.17, 15) is 0 Å². The summed E-state index contributed by atoms with van der Waals surface area (Å²) < 4.78 is 1.90. The molecule has 0 aliphatic rings. The lowest BCUT2D eigenvalue weighted by molar-refractivity contribution is 0.729. The van der Waals surface area contributed by atoms with Crippen LogP contribution in [0.15, 0.2) is 23.3 Å². The molecule has 0 fully saturated rings. The van der Waals surface area contributed by atoms with Crippen molar-refractivity contribution in [3.63, 3.8) is 0 Å². The van der Waals surface area contributed by atoms with Crippen molar-refractivity contribution < 1.29 is 0 Å². The summed E-state index contributed by atoms with van der Waals surface area (Å²) in [6.45, 7) is 10.3. The van der Waals surface area contributed by atoms with Crippen LogP contribution in [0.25, 0.3) is 0 Å². The molecule has 2 N–H and O–H groups in total. The lowest BCUT2D eigenvalue weighted by Gasteiger charge is -2.12. The van der Waals surface area contributed by atoms with Crippen LogP contribution in [-0.2, 0) is 20.1 Å². The van der Waals surface area contributed by atoms with Crippen molar-refractivity contribution in [3.8, 4) is 0 Å². The average Bonchev–Trinajstić information content (AvgIpc) is 2.77. The summed E-state index contributed by atoms with van der Waals surface area (Å²) in [5.74, 6) is 0.792. The molecule has 2 heterocycles. The highest BCUT2D eigenvalue weighted by molar-refractivity contribution is 14.0. The van der Waals surface area contributed by atoms with Crippen molar-refractivity contribution in [3.05, 3.63) is 46.5 Å². The molecule has 0 aliphatic heterocycles. The van der Waals surface area contributed by atoms with E-state index in [4.69, 9.17) is 0 Å². The third-order valence-corrected chi connectivity index (χ3v) is 3.94. The Morgan fingerprint density at radius 2 is 2.00 bits per heavy atom. The second kappa shape index (κ2) is 9.61. The van der Waals surface area contributed by atoms with Gasteiger partial charge in [0.2, 0.25) is 0 Å². The topological polar surface area (TPSA) is 67.1 Å². The standard InChI is InChI=1S/C17H26N6.HI/c1-6-18-17(21-11-16-12(2)8-7-9-19-16)20-10-15-13(3)22-23(5)14(15)4;/h7-9H,6,10-11H2,1-5H3,(H2,18,20,21);1H. The minimum Gasteiger partial charge on any atom is -0.357 e. The van der Waals surface area contributed by atoms with Crippen LogP contribution in [0, 0.1) is 20.8 Å². The number of aliphatic imine (C=N–C) groups is 1. The number of nitrogens with one attached hydrogen (secondary N) is 2. The van der Waals surface area contributed by atoms with Gasteiger partial charge in [-0.25, -0.2) is 4.99 Å². The molecule has 0 aliphatic carbocycles. The molecule has 6 nitrogen and oxygen atoms in total. The number of hydrogen-bond acceptors (Lipinski definition) is 3. The summed E-state index contributed by atoms with van der Waals surface area (Å²) in [6, 6.07) is 4.02. The Kier molecular flexibility index (Phi) is 8.17. The van der Waals surface area contributed by atoms with Crippen molar-refractivity contribution in [1.82, 2.24) is 25.4 Å². The van der Waals surface area contributed by atoms with Gasteiger partial charge in [-0.15, -0.1) is 24.0 Å². The number of hydrogen-bond donors (Lipinski definition) is 2. The first-order valence-corrected chi connectivity index (χ1v) is 7.94. The minimum atomic E-state index is 0. The SMILES string of the molecule is CCNC(=NCc1c(C)nn(C)c1C)NCc1ncccc1C.I. The molecule has 2 aromatic rings. The largest absolute Gasteiger partial charge is 0.357 e. The maximum absolute atomic E-state index is 4.68. The zero-order valence-corrected chi connectivity index (χ0v) is 17.4. The molecule has 132 valence electrons. The maximum Gasteiger partial charge on any atom is 0.191 e. The summed E-state index contributed by atoms with van der Waals surface area (Å²) in [5, 5.41) is 11.1. The van der Waals surface area contributed by atoms with Crippen LogP contribution in [-0.4, -0.2) is 27.3 Å². The van der Waals surface area contributed by atoms with Crippen LogP contribution in [0.3, 0.4) is 0 Å². The van der Waals surface area contributed by atoms with Gasteiger partial charge in [-0.2, -0.15) is 5.10 Å². The molecule has 2 rings (SSSR count). The second-order valence-electron chi connectivity index (χ2n) is 5.59. The number of guanidine groups is 1. The summed E-state index contributed by atoms with van der Waals surface area (Å²) in [4.78, 5) is 9.08. The number of nitrogens with zero attached hydrogens (tertiary/aromatic N) is 4. The highest BCUT2D eigenvalue weighted by Crippen LogP contribution is 2.12. The van der Waals surface area contributed by atoms with Gasteiger partial charge in [0.15, 0.2) is 5.96 Å². The highest BCUT2D eigenvalue weighted by Gasteiger charge is 2.09. The molecule has 0 amide bonds. The van der Waals surface area contributed by atoms with Gasteiger partial charge in [0, 0.05) is 31.0 Å². The Morgan fingerprint density at radius 1 is 1.25 bits per heavy atom. The smallest absolute Gasteiger partial charge is 0.191 e. The third-order valence-electron chi connectivity index (χ3n) is 3.94. The second-order valence-corrected chi connectivity index (χ2v) is 5.59. The number of aryl methyl sites for hydroxylation is 3. The quantitative estimate of drug-likeness (QED) is 0.425. The predicted molar refractivity (Wildman–Crippen MR) is 109 cm³/mol. The molecule has 0 unspecified atom stereocenters. The first kappa shape index (κ1) is 20.4. The third kappa shape index (κ3) is 5.19. The van der Waals surface area contributed by atoms with Gasteiger partial charge in [-0.05, 0) is 39.3 Å². The highest BCUT2D eigenvalue weighted by atomic mass is 127. The van der Waals surface area contributed by atoms with Gasteiger partial charge in [-0.1, -0.05) is 6.07 Å². The number of halogens is 1. The Labute approximate surface area is 161 Å². The first-order chi connectivity index (χ1) is 11.0. The monoisotopic (exact) mass is 442 g/mol. The molecule has 0 aromatic carbocycles. The van der Waals surface area contributed by atoms with E-state index in [2.05, 4.69) is 52.5 Å². The Balaban J connectivity index is 0.00000288. The van der Waals surface area contributed by atoms with E-state index < -0.39 is 0 Å². The molecule has 0 atom stereocenters. The van der Waals surface area contributed by atoms with Crippen molar-refractivity contribution in [2.75, 3.05) is 6.54 Å². The molecular weight excluding hydrogens is 415 g/mol. The van der Waals surface area contributed by atoms with E-state index >= 15 is 0 Å². The molecule has 0 radical (unpaired) electrons. The van der Waals surface area contributed by atoms with Crippen LogP contribution >= 0.6 is 24.0 Å². The fourth-order valence-corrected chi connectivity index (χ4v) is 2.42. The summed E-state index contributed by atoms with van der Waals surface area (Å²) in [6.07, 6.45) is 1.82. The molecule has 24 heavy (non-hydrogen) atoms. The molecular formula is C17H27IN6. The van der Waals surface area contributed by atoms with Crippen LogP contribution in [0.4, 0.5) is 0 Å². The van der Waals surface area contributed by atoms with Crippen molar-refractivity contribution >= 4 is 29.9 Å². The maximum atomic E-state index is 4.68.